The van der Waals surface area contributed by atoms with Crippen LogP contribution in [0, 0.1) is 0 Å². The summed E-state index contributed by atoms with van der Waals surface area (Å²) in [5.41, 5.74) is 0.865. The maximum atomic E-state index is 2.36. The van der Waals surface area contributed by atoms with Gasteiger partial charge in [-0.3, -0.25) is 0 Å². The number of hydrogen-bond donors (Lipinski definition) is 0. The summed E-state index contributed by atoms with van der Waals surface area (Å²) in [7, 11) is -0.263. The number of benzene rings is 3. The van der Waals surface area contributed by atoms with Crippen molar-refractivity contribution < 1.29 is 0 Å². The monoisotopic (exact) mass is 362 g/mol. The number of hydrogen-bond acceptors (Lipinski definition) is 0. The molecule has 1 aliphatic heterocycles. The summed E-state index contributed by atoms with van der Waals surface area (Å²) in [6.07, 6.45) is 5.55. The Morgan fingerprint density at radius 1 is 0.720 bits per heavy atom. The minimum Gasteiger partial charge on any atom is -0.0718 e. The van der Waals surface area contributed by atoms with Crippen LogP contribution in [-0.2, 0) is 0 Å². The van der Waals surface area contributed by atoms with Crippen LogP contribution in [-0.4, -0.2) is 18.0 Å². The van der Waals surface area contributed by atoms with E-state index in [0.29, 0.717) is 0 Å². The number of rotatable bonds is 5. The van der Waals surface area contributed by atoms with Gasteiger partial charge < -0.3 is 0 Å². The lowest BCUT2D eigenvalue weighted by molar-refractivity contribution is 0.841. The van der Waals surface area contributed by atoms with Crippen LogP contribution >= 0.6 is 15.8 Å². The maximum Gasteiger partial charge on any atom is -0.0123 e. The Balaban J connectivity index is 1.62. The van der Waals surface area contributed by atoms with E-state index in [9.17, 15) is 0 Å². The molecule has 25 heavy (non-hydrogen) atoms. The molecule has 0 aliphatic carbocycles. The topological polar surface area (TPSA) is 0 Å². The van der Waals surface area contributed by atoms with Gasteiger partial charge in [0.1, 0.15) is 0 Å². The molecule has 4 rings (SSSR count). The molecule has 0 radical (unpaired) electrons. The predicted molar refractivity (Wildman–Crippen MR) is 115 cm³/mol. The molecule has 0 spiro atoms. The minimum absolute atomic E-state index is 0.000694. The Labute approximate surface area is 153 Å². The van der Waals surface area contributed by atoms with Crippen molar-refractivity contribution in [2.75, 3.05) is 12.3 Å². The molecular weight excluding hydrogens is 338 g/mol. The van der Waals surface area contributed by atoms with Crippen LogP contribution in [0.4, 0.5) is 0 Å². The molecule has 2 heteroatoms. The Kier molecular flexibility index (Phi) is 5.61. The molecule has 0 unspecified atom stereocenters. The van der Waals surface area contributed by atoms with E-state index in [1.165, 1.54) is 35.8 Å². The first kappa shape index (κ1) is 17.0. The van der Waals surface area contributed by atoms with Gasteiger partial charge in [-0.25, -0.2) is 0 Å². The van der Waals surface area contributed by atoms with Crippen molar-refractivity contribution in [2.45, 2.75) is 18.5 Å². The zero-order chi connectivity index (χ0) is 16.9. The Hall–Kier alpha value is -1.48. The van der Waals surface area contributed by atoms with Gasteiger partial charge in [0.05, 0.1) is 0 Å². The van der Waals surface area contributed by atoms with Crippen LogP contribution in [0.5, 0.6) is 0 Å². The fourth-order valence-corrected chi connectivity index (χ4v) is 10.1. The fourth-order valence-electron chi connectivity index (χ4n) is 3.77. The lowest BCUT2D eigenvalue weighted by atomic mass is 10.3. The minimum atomic E-state index is -0.263. The van der Waals surface area contributed by atoms with Crippen LogP contribution in [0.2, 0.25) is 0 Å². The van der Waals surface area contributed by atoms with E-state index in [-0.39, 0.29) is 15.8 Å². The first-order valence-corrected chi connectivity index (χ1v) is 12.2. The fraction of sp³-hybridized carbons (Fsp3) is 0.217. The van der Waals surface area contributed by atoms with E-state index in [1.54, 1.807) is 5.30 Å². The average molecular weight is 362 g/mol. The van der Waals surface area contributed by atoms with Gasteiger partial charge in [-0.15, -0.1) is 0 Å². The second-order valence-electron chi connectivity index (χ2n) is 6.61. The summed E-state index contributed by atoms with van der Waals surface area (Å²) >= 11 is 0. The molecular formula is C23H24P2. The Morgan fingerprint density at radius 2 is 1.24 bits per heavy atom. The van der Waals surface area contributed by atoms with E-state index in [0.717, 1.165) is 5.66 Å². The molecule has 0 N–H and O–H groups in total. The van der Waals surface area contributed by atoms with Gasteiger partial charge in [-0.2, -0.15) is 0 Å². The van der Waals surface area contributed by atoms with Crippen molar-refractivity contribution in [1.29, 1.82) is 0 Å². The lowest BCUT2D eigenvalue weighted by Gasteiger charge is -2.27. The quantitative estimate of drug-likeness (QED) is 0.555. The zero-order valence-electron chi connectivity index (χ0n) is 14.5. The summed E-state index contributed by atoms with van der Waals surface area (Å²) in [5, 5.41) is 4.66. The molecule has 126 valence electrons. The average Bonchev–Trinajstić information content (AvgIpc) is 3.16. The molecule has 0 amide bonds. The molecule has 3 aromatic carbocycles. The standard InChI is InChI=1S/C23H24P2/c1-4-11-20(12-5-1)24-18-10-17-23(24)19-25(21-13-6-2-7-14-21)22-15-8-3-9-16-22/h1-9,11-16,23H,10,17-19H2/t23-,24+/m0/s1. The molecule has 0 saturated carbocycles. The molecule has 1 fully saturated rings. The van der Waals surface area contributed by atoms with Gasteiger partial charge in [0, 0.05) is 0 Å². The first-order valence-electron chi connectivity index (χ1n) is 9.11. The largest absolute Gasteiger partial charge is 0.0718 e. The van der Waals surface area contributed by atoms with Gasteiger partial charge in [0.2, 0.25) is 0 Å². The summed E-state index contributed by atoms with van der Waals surface area (Å²) in [6, 6.07) is 33.7. The van der Waals surface area contributed by atoms with Gasteiger partial charge in [0.25, 0.3) is 0 Å². The van der Waals surface area contributed by atoms with E-state index < -0.39 is 0 Å². The van der Waals surface area contributed by atoms with Crippen molar-refractivity contribution >= 4 is 31.8 Å². The molecule has 3 aromatic rings. The van der Waals surface area contributed by atoms with Crippen molar-refractivity contribution in [3.8, 4) is 0 Å². The molecule has 0 bridgehead atoms. The molecule has 0 aromatic heterocycles. The zero-order valence-corrected chi connectivity index (χ0v) is 16.2. The first-order chi connectivity index (χ1) is 12.4. The predicted octanol–water partition coefficient (Wildman–Crippen LogP) is 5.09. The van der Waals surface area contributed by atoms with Gasteiger partial charge in [-0.1, -0.05) is 98.9 Å². The van der Waals surface area contributed by atoms with E-state index in [2.05, 4.69) is 91.0 Å². The Morgan fingerprint density at radius 3 is 1.80 bits per heavy atom. The summed E-state index contributed by atoms with van der Waals surface area (Å²) in [6.45, 7) is 0. The van der Waals surface area contributed by atoms with Crippen LogP contribution in [0.1, 0.15) is 12.8 Å². The van der Waals surface area contributed by atoms with Crippen LogP contribution in [0.25, 0.3) is 0 Å². The third-order valence-corrected chi connectivity index (χ3v) is 11.0. The van der Waals surface area contributed by atoms with Gasteiger partial charge >= 0.3 is 0 Å². The highest BCUT2D eigenvalue weighted by atomic mass is 31.1. The molecule has 2 atom stereocenters. The molecule has 1 saturated heterocycles. The van der Waals surface area contributed by atoms with Crippen molar-refractivity contribution in [1.82, 2.24) is 0 Å². The highest BCUT2D eigenvalue weighted by molar-refractivity contribution is 7.74. The third-order valence-electron chi connectivity index (χ3n) is 4.99. The summed E-state index contributed by atoms with van der Waals surface area (Å²) in [5.74, 6) is 0. The Bertz CT molecular complexity index is 731. The third kappa shape index (κ3) is 4.03. The van der Waals surface area contributed by atoms with Crippen LogP contribution in [0.3, 0.4) is 0 Å². The highest BCUT2D eigenvalue weighted by Gasteiger charge is 2.31. The molecule has 1 aliphatic rings. The van der Waals surface area contributed by atoms with Gasteiger partial charge in [0.15, 0.2) is 0 Å². The van der Waals surface area contributed by atoms with Crippen LogP contribution < -0.4 is 15.9 Å². The normalized spacial score (nSPS) is 20.0. The van der Waals surface area contributed by atoms with Crippen LogP contribution in [0.15, 0.2) is 91.0 Å². The van der Waals surface area contributed by atoms with E-state index in [1.807, 2.05) is 0 Å². The van der Waals surface area contributed by atoms with E-state index in [4.69, 9.17) is 0 Å². The lowest BCUT2D eigenvalue weighted by Crippen LogP contribution is -2.21. The smallest absolute Gasteiger partial charge is 0.0123 e. The van der Waals surface area contributed by atoms with Crippen molar-refractivity contribution in [3.63, 3.8) is 0 Å². The summed E-state index contributed by atoms with van der Waals surface area (Å²) in [4.78, 5) is 0. The second-order valence-corrected chi connectivity index (χ2v) is 11.5. The molecule has 1 heterocycles. The summed E-state index contributed by atoms with van der Waals surface area (Å²) < 4.78 is 0. The van der Waals surface area contributed by atoms with Gasteiger partial charge in [-0.05, 0) is 54.7 Å². The van der Waals surface area contributed by atoms with Crippen molar-refractivity contribution in [2.24, 2.45) is 0 Å². The van der Waals surface area contributed by atoms with Crippen molar-refractivity contribution in [3.05, 3.63) is 91.0 Å². The van der Waals surface area contributed by atoms with E-state index >= 15 is 0 Å². The SMILES string of the molecule is c1ccc(P(C[C@@H]2CCC[P@]2c2ccccc2)c2ccccc2)cc1. The highest BCUT2D eigenvalue weighted by Crippen LogP contribution is 2.53. The second kappa shape index (κ2) is 8.27. The maximum absolute atomic E-state index is 2.36. The molecule has 0 nitrogen and oxygen atoms in total.